The minimum atomic E-state index is -0.125. The van der Waals surface area contributed by atoms with Crippen LogP contribution in [0, 0.1) is 12.3 Å². The Kier molecular flexibility index (Phi) is 4.58. The Morgan fingerprint density at radius 3 is 2.68 bits per heavy atom. The summed E-state index contributed by atoms with van der Waals surface area (Å²) >= 11 is 0. The average molecular weight is 405 g/mol. The number of H-pyrrole nitrogens is 1. The van der Waals surface area contributed by atoms with Crippen molar-refractivity contribution in [3.8, 4) is 11.5 Å². The van der Waals surface area contributed by atoms with Crippen LogP contribution >= 0.6 is 12.4 Å². The highest BCUT2D eigenvalue weighted by Crippen LogP contribution is 2.57. The van der Waals surface area contributed by atoms with E-state index in [4.69, 9.17) is 9.62 Å². The smallest absolute Gasteiger partial charge is 0.263 e. The Hall–Kier alpha value is -2.19. The van der Waals surface area contributed by atoms with Gasteiger partial charge in [-0.1, -0.05) is 19.0 Å². The fourth-order valence-corrected chi connectivity index (χ4v) is 4.23. The van der Waals surface area contributed by atoms with E-state index in [1.54, 1.807) is 6.07 Å². The molecule has 0 spiro atoms. The van der Waals surface area contributed by atoms with Crippen LogP contribution in [0.2, 0.25) is 0 Å². The number of aromatic nitrogens is 5. The van der Waals surface area contributed by atoms with Gasteiger partial charge in [-0.25, -0.2) is 4.52 Å². The number of hydrogen-bond donors (Lipinski definition) is 2. The Morgan fingerprint density at radius 2 is 2.00 bits per heavy atom. The molecular formula is C19H25ClN6O2. The largest absolute Gasteiger partial charge is 0.334 e. The molecule has 0 aromatic carbocycles. The third-order valence-corrected chi connectivity index (χ3v) is 6.06. The van der Waals surface area contributed by atoms with Crippen molar-refractivity contribution < 1.29 is 4.52 Å². The summed E-state index contributed by atoms with van der Waals surface area (Å²) in [7, 11) is 0. The normalized spacial score (nSPS) is 21.6. The Labute approximate surface area is 168 Å². The first kappa shape index (κ1) is 19.1. The van der Waals surface area contributed by atoms with Crippen LogP contribution in [-0.2, 0) is 0 Å². The van der Waals surface area contributed by atoms with E-state index >= 15 is 0 Å². The van der Waals surface area contributed by atoms with Gasteiger partial charge in [0.05, 0.1) is 11.4 Å². The van der Waals surface area contributed by atoms with Gasteiger partial charge in [0.2, 0.25) is 0 Å². The van der Waals surface area contributed by atoms with Gasteiger partial charge in [-0.05, 0) is 44.7 Å². The van der Waals surface area contributed by atoms with Crippen LogP contribution in [0.15, 0.2) is 15.4 Å². The van der Waals surface area contributed by atoms with Crippen LogP contribution in [0.25, 0.3) is 17.1 Å². The standard InChI is InChI=1S/C19H24N6O2.ClH/c1-10-15(18-22-16(24-27-18)12-9-19(12,2)3)17-21-14(26)8-13(25(17)23-10)11-4-6-20-7-5-11;/h8,11-12,20H,4-7,9H2,1-3H3,(H,21,26);1H. The number of aryl methyl sites for hydroxylation is 1. The molecule has 1 saturated heterocycles. The number of rotatable bonds is 3. The van der Waals surface area contributed by atoms with Gasteiger partial charge in [0.1, 0.15) is 11.2 Å². The molecule has 1 atom stereocenters. The van der Waals surface area contributed by atoms with Crippen molar-refractivity contribution >= 4 is 18.1 Å². The molecule has 1 saturated carbocycles. The second-order valence-corrected chi connectivity index (χ2v) is 8.51. The summed E-state index contributed by atoms with van der Waals surface area (Å²) in [5, 5.41) is 12.3. The van der Waals surface area contributed by atoms with Crippen molar-refractivity contribution in [1.29, 1.82) is 0 Å². The maximum atomic E-state index is 12.4. The summed E-state index contributed by atoms with van der Waals surface area (Å²) in [4.78, 5) is 19.9. The number of nitrogens with zero attached hydrogens (tertiary/aromatic N) is 4. The van der Waals surface area contributed by atoms with Crippen LogP contribution in [0.4, 0.5) is 0 Å². The molecule has 1 aliphatic carbocycles. The third kappa shape index (κ3) is 3.04. The lowest BCUT2D eigenvalue weighted by Crippen LogP contribution is -2.28. The maximum Gasteiger partial charge on any atom is 0.263 e. The lowest BCUT2D eigenvalue weighted by molar-refractivity contribution is 0.419. The highest BCUT2D eigenvalue weighted by molar-refractivity contribution is 5.85. The van der Waals surface area contributed by atoms with Gasteiger partial charge in [-0.15, -0.1) is 12.4 Å². The summed E-state index contributed by atoms with van der Waals surface area (Å²) < 4.78 is 7.43. The molecule has 8 nitrogen and oxygen atoms in total. The molecule has 2 fully saturated rings. The van der Waals surface area contributed by atoms with Gasteiger partial charge in [0.25, 0.3) is 11.4 Å². The zero-order valence-corrected chi connectivity index (χ0v) is 17.1. The second-order valence-electron chi connectivity index (χ2n) is 8.51. The number of aromatic amines is 1. The molecule has 2 aliphatic rings. The molecule has 0 radical (unpaired) electrons. The number of fused-ring (bicyclic) bond motifs is 1. The highest BCUT2D eigenvalue weighted by atomic mass is 35.5. The molecule has 28 heavy (non-hydrogen) atoms. The third-order valence-electron chi connectivity index (χ3n) is 6.06. The summed E-state index contributed by atoms with van der Waals surface area (Å²) in [6, 6.07) is 1.67. The molecule has 3 aromatic heterocycles. The van der Waals surface area contributed by atoms with Gasteiger partial charge in [0.15, 0.2) is 5.82 Å². The number of halogens is 1. The lowest BCUT2D eigenvalue weighted by atomic mass is 9.94. The molecule has 1 unspecified atom stereocenters. The molecule has 0 bridgehead atoms. The molecule has 150 valence electrons. The van der Waals surface area contributed by atoms with Crippen molar-refractivity contribution in [3.05, 3.63) is 33.6 Å². The van der Waals surface area contributed by atoms with Gasteiger partial charge < -0.3 is 14.8 Å². The van der Waals surface area contributed by atoms with Crippen LogP contribution in [0.5, 0.6) is 0 Å². The zero-order valence-electron chi connectivity index (χ0n) is 16.3. The molecule has 0 amide bonds. The van der Waals surface area contributed by atoms with E-state index < -0.39 is 0 Å². The SMILES string of the molecule is Cc1nn2c(C3CCNCC3)cc(=O)[nH]c2c1-c1nc(C2CC2(C)C)no1.Cl. The second kappa shape index (κ2) is 6.70. The first-order valence-electron chi connectivity index (χ1n) is 9.61. The van der Waals surface area contributed by atoms with E-state index in [0.29, 0.717) is 23.4 Å². The van der Waals surface area contributed by atoms with Crippen LogP contribution < -0.4 is 10.9 Å². The van der Waals surface area contributed by atoms with E-state index in [2.05, 4.69) is 34.3 Å². The quantitative estimate of drug-likeness (QED) is 0.696. The topological polar surface area (TPSA) is 101 Å². The fraction of sp³-hybridized carbons (Fsp3) is 0.579. The van der Waals surface area contributed by atoms with Crippen LogP contribution in [-0.4, -0.2) is 37.8 Å². The monoisotopic (exact) mass is 404 g/mol. The Bertz CT molecular complexity index is 1080. The number of nitrogens with one attached hydrogen (secondary N) is 2. The van der Waals surface area contributed by atoms with E-state index in [9.17, 15) is 4.79 Å². The molecule has 3 aromatic rings. The van der Waals surface area contributed by atoms with E-state index in [1.165, 1.54) is 0 Å². The summed E-state index contributed by atoms with van der Waals surface area (Å²) in [5.74, 6) is 1.82. The molecule has 2 N–H and O–H groups in total. The molecule has 5 rings (SSSR count). The minimum Gasteiger partial charge on any atom is -0.334 e. The number of hydrogen-bond acceptors (Lipinski definition) is 6. The minimum absolute atomic E-state index is 0. The van der Waals surface area contributed by atoms with Crippen molar-refractivity contribution in [2.24, 2.45) is 5.41 Å². The van der Waals surface area contributed by atoms with E-state index in [-0.39, 0.29) is 23.4 Å². The summed E-state index contributed by atoms with van der Waals surface area (Å²) in [6.07, 6.45) is 3.05. The molecule has 1 aliphatic heterocycles. The van der Waals surface area contributed by atoms with Crippen molar-refractivity contribution in [1.82, 2.24) is 30.1 Å². The Morgan fingerprint density at radius 1 is 1.29 bits per heavy atom. The Balaban J connectivity index is 0.00000192. The first-order chi connectivity index (χ1) is 12.9. The van der Waals surface area contributed by atoms with Crippen LogP contribution in [0.1, 0.15) is 62.2 Å². The van der Waals surface area contributed by atoms with E-state index in [0.717, 1.165) is 55.1 Å². The van der Waals surface area contributed by atoms with Gasteiger partial charge in [0, 0.05) is 17.9 Å². The molecule has 9 heteroatoms. The van der Waals surface area contributed by atoms with Gasteiger partial charge >= 0.3 is 0 Å². The van der Waals surface area contributed by atoms with Crippen molar-refractivity contribution in [2.75, 3.05) is 13.1 Å². The zero-order chi connectivity index (χ0) is 18.8. The predicted octanol–water partition coefficient (Wildman–Crippen LogP) is 2.78. The maximum absolute atomic E-state index is 12.4. The molecule has 4 heterocycles. The summed E-state index contributed by atoms with van der Waals surface area (Å²) in [5.41, 5.74) is 3.19. The lowest BCUT2D eigenvalue weighted by Gasteiger charge is -2.23. The van der Waals surface area contributed by atoms with E-state index in [1.807, 2.05) is 11.4 Å². The first-order valence-corrected chi connectivity index (χ1v) is 9.61. The van der Waals surface area contributed by atoms with Crippen molar-refractivity contribution in [2.45, 2.75) is 51.9 Å². The average Bonchev–Trinajstić information content (AvgIpc) is 2.98. The van der Waals surface area contributed by atoms with Crippen molar-refractivity contribution in [3.63, 3.8) is 0 Å². The number of piperidine rings is 1. The van der Waals surface area contributed by atoms with Gasteiger partial charge in [-0.2, -0.15) is 10.1 Å². The van der Waals surface area contributed by atoms with Gasteiger partial charge in [-0.3, -0.25) is 4.79 Å². The fourth-order valence-electron chi connectivity index (χ4n) is 4.23. The summed E-state index contributed by atoms with van der Waals surface area (Å²) in [6.45, 7) is 8.23. The predicted molar refractivity (Wildman–Crippen MR) is 107 cm³/mol. The highest BCUT2D eigenvalue weighted by Gasteiger charge is 2.49. The van der Waals surface area contributed by atoms with Crippen LogP contribution in [0.3, 0.4) is 0 Å². The molecular weight excluding hydrogens is 380 g/mol.